The summed E-state index contributed by atoms with van der Waals surface area (Å²) in [4.78, 5) is 16.5. The molecule has 132 valence electrons. The van der Waals surface area contributed by atoms with Crippen LogP contribution in [0.25, 0.3) is 0 Å². The number of rotatable bonds is 6. The van der Waals surface area contributed by atoms with E-state index in [0.29, 0.717) is 24.6 Å². The van der Waals surface area contributed by atoms with Crippen molar-refractivity contribution in [2.75, 3.05) is 27.3 Å². The van der Waals surface area contributed by atoms with Crippen LogP contribution in [0.15, 0.2) is 42.5 Å². The van der Waals surface area contributed by atoms with E-state index in [9.17, 15) is 4.79 Å². The van der Waals surface area contributed by atoms with Crippen LogP contribution in [0.2, 0.25) is 0 Å². The Morgan fingerprint density at radius 3 is 2.20 bits per heavy atom. The molecule has 0 unspecified atom stereocenters. The molecule has 5 nitrogen and oxygen atoms in total. The zero-order valence-corrected chi connectivity index (χ0v) is 16.5. The van der Waals surface area contributed by atoms with Gasteiger partial charge in [-0.1, -0.05) is 30.3 Å². The molecule has 0 radical (unpaired) electrons. The third kappa shape index (κ3) is 4.00. The van der Waals surface area contributed by atoms with Crippen LogP contribution in [0.4, 0.5) is 4.79 Å². The van der Waals surface area contributed by atoms with Gasteiger partial charge in [0.25, 0.3) is 0 Å². The van der Waals surface area contributed by atoms with Crippen molar-refractivity contribution >= 4 is 28.6 Å². The number of carbonyl (C=O) groups is 1. The third-order valence-electron chi connectivity index (χ3n) is 4.31. The lowest BCUT2D eigenvalue weighted by Crippen LogP contribution is -2.31. The van der Waals surface area contributed by atoms with Gasteiger partial charge < -0.3 is 19.3 Å². The molecule has 2 aromatic carbocycles. The molecule has 25 heavy (non-hydrogen) atoms. The second-order valence-corrected chi connectivity index (χ2v) is 7.07. The van der Waals surface area contributed by atoms with Crippen molar-refractivity contribution in [3.8, 4) is 11.5 Å². The summed E-state index contributed by atoms with van der Waals surface area (Å²) in [5.74, 6) is 1.39. The number of ether oxygens (including phenoxy) is 2. The first-order valence-electron chi connectivity index (χ1n) is 8.10. The van der Waals surface area contributed by atoms with E-state index in [1.165, 1.54) is 0 Å². The Morgan fingerprint density at radius 1 is 0.960 bits per heavy atom. The number of amides is 2. The molecule has 2 amide bonds. The maximum Gasteiger partial charge on any atom is 0.320 e. The zero-order valence-electron chi connectivity index (χ0n) is 14.4. The zero-order chi connectivity index (χ0) is 17.8. The molecule has 0 bridgehead atoms. The van der Waals surface area contributed by atoms with Crippen LogP contribution < -0.4 is 9.47 Å². The van der Waals surface area contributed by atoms with Crippen molar-refractivity contribution in [3.63, 3.8) is 0 Å². The maximum absolute atomic E-state index is 12.7. The van der Waals surface area contributed by atoms with Crippen LogP contribution in [0, 0.1) is 3.57 Å². The number of hydrogen-bond donors (Lipinski definition) is 0. The van der Waals surface area contributed by atoms with E-state index in [2.05, 4.69) is 22.6 Å². The van der Waals surface area contributed by atoms with Gasteiger partial charge in [0.2, 0.25) is 0 Å². The highest BCUT2D eigenvalue weighted by Gasteiger charge is 2.29. The van der Waals surface area contributed by atoms with Gasteiger partial charge in [-0.25, -0.2) is 4.79 Å². The number of hydrogen-bond acceptors (Lipinski definition) is 3. The van der Waals surface area contributed by atoms with Crippen LogP contribution in [0.3, 0.4) is 0 Å². The molecule has 1 saturated heterocycles. The van der Waals surface area contributed by atoms with Gasteiger partial charge in [-0.05, 0) is 45.9 Å². The lowest BCUT2D eigenvalue weighted by atomic mass is 10.2. The Labute approximate surface area is 161 Å². The highest BCUT2D eigenvalue weighted by molar-refractivity contribution is 14.1. The molecule has 2 aromatic rings. The van der Waals surface area contributed by atoms with Gasteiger partial charge >= 0.3 is 6.03 Å². The van der Waals surface area contributed by atoms with Crippen LogP contribution in [0.1, 0.15) is 11.1 Å². The van der Waals surface area contributed by atoms with Crippen molar-refractivity contribution in [1.29, 1.82) is 0 Å². The topological polar surface area (TPSA) is 42.0 Å². The quantitative estimate of drug-likeness (QED) is 0.628. The standard InChI is InChI=1S/C19H21IN2O3/c1-24-17-10-15(16(20)11-18(17)25-2)13-22-9-8-21(19(22)23)12-14-6-4-3-5-7-14/h3-7,10-11H,8-9,12-13H2,1-2H3. The number of urea groups is 1. The molecule has 0 saturated carbocycles. The molecule has 0 aromatic heterocycles. The minimum Gasteiger partial charge on any atom is -0.493 e. The fourth-order valence-electron chi connectivity index (χ4n) is 2.95. The van der Waals surface area contributed by atoms with Crippen molar-refractivity contribution in [1.82, 2.24) is 9.80 Å². The Balaban J connectivity index is 1.71. The molecule has 0 spiro atoms. The van der Waals surface area contributed by atoms with Gasteiger partial charge in [-0.2, -0.15) is 0 Å². The molecule has 0 N–H and O–H groups in total. The average Bonchev–Trinajstić information content (AvgIpc) is 2.97. The molecule has 6 heteroatoms. The minimum atomic E-state index is 0.0782. The fourth-order valence-corrected chi connectivity index (χ4v) is 3.56. The summed E-state index contributed by atoms with van der Waals surface area (Å²) in [5, 5.41) is 0. The first-order chi connectivity index (χ1) is 12.1. The monoisotopic (exact) mass is 452 g/mol. The first-order valence-corrected chi connectivity index (χ1v) is 9.18. The Kier molecular flexibility index (Phi) is 5.67. The van der Waals surface area contributed by atoms with E-state index in [4.69, 9.17) is 9.47 Å². The first kappa shape index (κ1) is 17.8. The van der Waals surface area contributed by atoms with Crippen molar-refractivity contribution in [2.24, 2.45) is 0 Å². The number of halogens is 1. The van der Waals surface area contributed by atoms with E-state index < -0.39 is 0 Å². The summed E-state index contributed by atoms with van der Waals surface area (Å²) in [7, 11) is 3.25. The lowest BCUT2D eigenvalue weighted by molar-refractivity contribution is 0.188. The number of carbonyl (C=O) groups excluding carboxylic acids is 1. The predicted molar refractivity (Wildman–Crippen MR) is 105 cm³/mol. The Morgan fingerprint density at radius 2 is 1.56 bits per heavy atom. The summed E-state index contributed by atoms with van der Waals surface area (Å²) in [6.45, 7) is 2.70. The fraction of sp³-hybridized carbons (Fsp3) is 0.316. The number of benzene rings is 2. The molecule has 1 aliphatic heterocycles. The van der Waals surface area contributed by atoms with Gasteiger partial charge in [0.1, 0.15) is 0 Å². The Hall–Kier alpha value is -1.96. The maximum atomic E-state index is 12.7. The Bertz CT molecular complexity index is 752. The highest BCUT2D eigenvalue weighted by Crippen LogP contribution is 2.32. The predicted octanol–water partition coefficient (Wildman–Crippen LogP) is 3.75. The second kappa shape index (κ2) is 7.95. The average molecular weight is 452 g/mol. The normalized spacial score (nSPS) is 14.1. The van der Waals surface area contributed by atoms with E-state index >= 15 is 0 Å². The van der Waals surface area contributed by atoms with Crippen molar-refractivity contribution in [3.05, 3.63) is 57.2 Å². The van der Waals surface area contributed by atoms with Gasteiger partial charge in [-0.3, -0.25) is 0 Å². The molecular formula is C19H21IN2O3. The van der Waals surface area contributed by atoms with Crippen molar-refractivity contribution in [2.45, 2.75) is 13.1 Å². The molecule has 1 heterocycles. The molecule has 0 atom stereocenters. The van der Waals surface area contributed by atoms with Crippen LogP contribution in [-0.2, 0) is 13.1 Å². The van der Waals surface area contributed by atoms with E-state index in [1.54, 1.807) is 14.2 Å². The van der Waals surface area contributed by atoms with E-state index in [0.717, 1.165) is 27.8 Å². The van der Waals surface area contributed by atoms with Crippen LogP contribution >= 0.6 is 22.6 Å². The molecule has 3 rings (SSSR count). The van der Waals surface area contributed by atoms with E-state index in [1.807, 2.05) is 52.3 Å². The minimum absolute atomic E-state index is 0.0782. The summed E-state index contributed by atoms with van der Waals surface area (Å²) in [6, 6.07) is 14.1. The van der Waals surface area contributed by atoms with Gasteiger partial charge in [0.05, 0.1) is 14.2 Å². The third-order valence-corrected chi connectivity index (χ3v) is 5.32. The van der Waals surface area contributed by atoms with Gasteiger partial charge in [-0.15, -0.1) is 0 Å². The van der Waals surface area contributed by atoms with E-state index in [-0.39, 0.29) is 6.03 Å². The SMILES string of the molecule is COc1cc(I)c(CN2CCN(Cc3ccccc3)C2=O)cc1OC. The molecule has 1 aliphatic rings. The number of nitrogens with zero attached hydrogens (tertiary/aromatic N) is 2. The van der Waals surface area contributed by atoms with Crippen LogP contribution in [-0.4, -0.2) is 43.1 Å². The summed E-state index contributed by atoms with van der Waals surface area (Å²) < 4.78 is 11.8. The highest BCUT2D eigenvalue weighted by atomic mass is 127. The summed E-state index contributed by atoms with van der Waals surface area (Å²) in [6.07, 6.45) is 0. The largest absolute Gasteiger partial charge is 0.493 e. The van der Waals surface area contributed by atoms with Gasteiger partial charge in [0.15, 0.2) is 11.5 Å². The van der Waals surface area contributed by atoms with Crippen molar-refractivity contribution < 1.29 is 14.3 Å². The molecular weight excluding hydrogens is 431 g/mol. The molecule has 1 fully saturated rings. The van der Waals surface area contributed by atoms with Gasteiger partial charge in [0, 0.05) is 29.7 Å². The smallest absolute Gasteiger partial charge is 0.320 e. The lowest BCUT2D eigenvalue weighted by Gasteiger charge is -2.20. The second-order valence-electron chi connectivity index (χ2n) is 5.91. The summed E-state index contributed by atoms with van der Waals surface area (Å²) >= 11 is 2.27. The molecule has 0 aliphatic carbocycles. The summed E-state index contributed by atoms with van der Waals surface area (Å²) in [5.41, 5.74) is 2.21. The van der Waals surface area contributed by atoms with Crippen LogP contribution in [0.5, 0.6) is 11.5 Å². The number of methoxy groups -OCH3 is 2.